The van der Waals surface area contributed by atoms with Crippen LogP contribution in [0.15, 0.2) is 54.6 Å². The van der Waals surface area contributed by atoms with E-state index in [1.54, 1.807) is 35.2 Å². The van der Waals surface area contributed by atoms with Gasteiger partial charge in [0.25, 0.3) is 5.91 Å². The summed E-state index contributed by atoms with van der Waals surface area (Å²) in [6, 6.07) is 16.2. The molecule has 2 heterocycles. The highest BCUT2D eigenvalue weighted by atomic mass is 32.1. The van der Waals surface area contributed by atoms with Crippen molar-refractivity contribution >= 4 is 44.3 Å². The maximum atomic E-state index is 12.9. The summed E-state index contributed by atoms with van der Waals surface area (Å²) in [5.74, 6) is 0.555. The Labute approximate surface area is 219 Å². The summed E-state index contributed by atoms with van der Waals surface area (Å²) in [6.45, 7) is 5.97. The molecule has 2 amide bonds. The number of nitrogens with one attached hydrogen (secondary N) is 2. The highest BCUT2D eigenvalue weighted by Crippen LogP contribution is 2.31. The molecule has 2 aromatic heterocycles. The number of anilines is 2. The van der Waals surface area contributed by atoms with Gasteiger partial charge in [-0.05, 0) is 70.3 Å². The Morgan fingerprint density at radius 2 is 1.84 bits per heavy atom. The molecule has 0 saturated heterocycles. The molecule has 37 heavy (non-hydrogen) atoms. The molecule has 9 nitrogen and oxygen atoms in total. The zero-order chi connectivity index (χ0) is 26.7. The van der Waals surface area contributed by atoms with Gasteiger partial charge in [0.1, 0.15) is 16.1 Å². The smallest absolute Gasteiger partial charge is 0.255 e. The molecule has 4 rings (SSSR count). The molecule has 0 unspecified atom stereocenters. The van der Waals surface area contributed by atoms with Crippen LogP contribution in [0.1, 0.15) is 35.3 Å². The van der Waals surface area contributed by atoms with E-state index in [0.717, 1.165) is 11.1 Å². The van der Waals surface area contributed by atoms with Crippen LogP contribution >= 0.6 is 11.3 Å². The number of benzene rings is 2. The van der Waals surface area contributed by atoms with Gasteiger partial charge in [-0.15, -0.1) is 0 Å². The molecule has 4 aromatic rings. The maximum absolute atomic E-state index is 12.9. The van der Waals surface area contributed by atoms with Crippen molar-refractivity contribution in [2.24, 2.45) is 5.73 Å². The van der Waals surface area contributed by atoms with Gasteiger partial charge in [-0.25, -0.2) is 9.97 Å². The minimum atomic E-state index is -0.550. The maximum Gasteiger partial charge on any atom is 0.255 e. The van der Waals surface area contributed by atoms with Gasteiger partial charge in [0, 0.05) is 28.9 Å². The normalized spacial score (nSPS) is 11.5. The standard InChI is InChI=1S/C27H30N6O3S/c1-16-9-10-19(29-24(35)17-7-6-8-18(13-17)27(2,3)28)14-21(16)36-23-12-11-20-25(32-23)37-26(30-20)31-22(34)15-33(4)5/h6-14H,15,28H2,1-5H3,(H,29,35)(H,30,31,34). The summed E-state index contributed by atoms with van der Waals surface area (Å²) in [5.41, 5.74) is 9.16. The second-order valence-electron chi connectivity index (χ2n) is 9.62. The Balaban J connectivity index is 1.49. The fourth-order valence-corrected chi connectivity index (χ4v) is 4.37. The van der Waals surface area contributed by atoms with E-state index < -0.39 is 5.54 Å². The number of amides is 2. The molecule has 0 aliphatic heterocycles. The lowest BCUT2D eigenvalue weighted by Gasteiger charge is -2.19. The highest BCUT2D eigenvalue weighted by Gasteiger charge is 2.17. The molecule has 0 aliphatic carbocycles. The third-order valence-corrected chi connectivity index (χ3v) is 6.35. The summed E-state index contributed by atoms with van der Waals surface area (Å²) < 4.78 is 6.06. The van der Waals surface area contributed by atoms with Crippen LogP contribution in [0.4, 0.5) is 10.8 Å². The minimum Gasteiger partial charge on any atom is -0.439 e. The molecule has 0 aliphatic rings. The van der Waals surface area contributed by atoms with Crippen molar-refractivity contribution in [1.29, 1.82) is 0 Å². The van der Waals surface area contributed by atoms with E-state index >= 15 is 0 Å². The molecule has 0 radical (unpaired) electrons. The summed E-state index contributed by atoms with van der Waals surface area (Å²) >= 11 is 1.27. The topological polar surface area (TPSA) is 122 Å². The van der Waals surface area contributed by atoms with E-state index in [9.17, 15) is 9.59 Å². The average Bonchev–Trinajstić information content (AvgIpc) is 3.21. The van der Waals surface area contributed by atoms with Crippen molar-refractivity contribution in [1.82, 2.24) is 14.9 Å². The number of pyridine rings is 1. The number of carbonyl (C=O) groups excluding carboxylic acids is 2. The van der Waals surface area contributed by atoms with Gasteiger partial charge in [-0.2, -0.15) is 0 Å². The first-order valence-electron chi connectivity index (χ1n) is 11.7. The molecule has 0 fully saturated rings. The average molecular weight is 519 g/mol. The minimum absolute atomic E-state index is 0.145. The zero-order valence-corrected chi connectivity index (χ0v) is 22.3. The number of nitrogens with two attached hydrogens (primary N) is 1. The lowest BCUT2D eigenvalue weighted by atomic mass is 9.94. The molecule has 0 saturated carbocycles. The number of hydrogen-bond acceptors (Lipinski definition) is 8. The van der Waals surface area contributed by atoms with E-state index in [-0.39, 0.29) is 18.4 Å². The number of hydrogen-bond donors (Lipinski definition) is 3. The molecule has 192 valence electrons. The monoisotopic (exact) mass is 518 g/mol. The quantitative estimate of drug-likeness (QED) is 0.308. The van der Waals surface area contributed by atoms with Gasteiger partial charge < -0.3 is 26.0 Å². The van der Waals surface area contributed by atoms with Crippen molar-refractivity contribution in [3.8, 4) is 11.6 Å². The van der Waals surface area contributed by atoms with Crippen molar-refractivity contribution in [2.75, 3.05) is 31.3 Å². The number of aryl methyl sites for hydroxylation is 1. The molecule has 0 atom stereocenters. The summed E-state index contributed by atoms with van der Waals surface area (Å²) in [7, 11) is 3.65. The van der Waals surface area contributed by atoms with Crippen molar-refractivity contribution in [3.63, 3.8) is 0 Å². The number of rotatable bonds is 8. The fourth-order valence-electron chi connectivity index (χ4n) is 3.52. The Kier molecular flexibility index (Phi) is 7.53. The number of nitrogens with zero attached hydrogens (tertiary/aromatic N) is 3. The molecule has 4 N–H and O–H groups in total. The van der Waals surface area contributed by atoms with Crippen molar-refractivity contribution < 1.29 is 14.3 Å². The number of fused-ring (bicyclic) bond motifs is 1. The summed E-state index contributed by atoms with van der Waals surface area (Å²) in [6.07, 6.45) is 0. The summed E-state index contributed by atoms with van der Waals surface area (Å²) in [4.78, 5) is 36.3. The molecular formula is C27H30N6O3S. The first-order valence-corrected chi connectivity index (χ1v) is 12.5. The van der Waals surface area contributed by atoms with Gasteiger partial charge in [0.05, 0.1) is 6.54 Å². The number of ether oxygens (including phenoxy) is 1. The van der Waals surface area contributed by atoms with Crippen LogP contribution in [0.5, 0.6) is 11.6 Å². The van der Waals surface area contributed by atoms with Gasteiger partial charge in [-0.1, -0.05) is 29.5 Å². The van der Waals surface area contributed by atoms with Crippen LogP contribution in [-0.4, -0.2) is 47.3 Å². The van der Waals surface area contributed by atoms with E-state index in [0.29, 0.717) is 38.4 Å². The Hall–Kier alpha value is -3.86. The van der Waals surface area contributed by atoms with E-state index in [2.05, 4.69) is 20.6 Å². The molecule has 0 spiro atoms. The lowest BCUT2D eigenvalue weighted by molar-refractivity contribution is -0.116. The van der Waals surface area contributed by atoms with Crippen molar-refractivity contribution in [2.45, 2.75) is 26.3 Å². The van der Waals surface area contributed by atoms with Crippen LogP contribution in [0, 0.1) is 6.92 Å². The van der Waals surface area contributed by atoms with Gasteiger partial charge in [0.15, 0.2) is 5.13 Å². The predicted octanol–water partition coefficient (Wildman–Crippen LogP) is 4.74. The van der Waals surface area contributed by atoms with E-state index in [1.165, 1.54) is 11.3 Å². The number of thiazole rings is 1. The first kappa shape index (κ1) is 26.2. The van der Waals surface area contributed by atoms with E-state index in [4.69, 9.17) is 10.5 Å². The summed E-state index contributed by atoms with van der Waals surface area (Å²) in [5, 5.41) is 6.19. The molecule has 0 bridgehead atoms. The highest BCUT2D eigenvalue weighted by molar-refractivity contribution is 7.21. The molecule has 10 heteroatoms. The van der Waals surface area contributed by atoms with Crippen LogP contribution < -0.4 is 21.1 Å². The number of aromatic nitrogens is 2. The third kappa shape index (κ3) is 6.67. The van der Waals surface area contributed by atoms with Crippen molar-refractivity contribution in [3.05, 3.63) is 71.3 Å². The Bertz CT molecular complexity index is 1460. The van der Waals surface area contributed by atoms with Crippen LogP contribution in [-0.2, 0) is 10.3 Å². The third-order valence-electron chi connectivity index (χ3n) is 5.47. The van der Waals surface area contributed by atoms with Crippen LogP contribution in [0.2, 0.25) is 0 Å². The van der Waals surface area contributed by atoms with Gasteiger partial charge in [-0.3, -0.25) is 9.59 Å². The van der Waals surface area contributed by atoms with Crippen LogP contribution in [0.25, 0.3) is 10.3 Å². The molecular weight excluding hydrogens is 488 g/mol. The van der Waals surface area contributed by atoms with Crippen LogP contribution in [0.3, 0.4) is 0 Å². The zero-order valence-electron chi connectivity index (χ0n) is 21.5. The molecule has 2 aromatic carbocycles. The first-order chi connectivity index (χ1) is 17.5. The largest absolute Gasteiger partial charge is 0.439 e. The predicted molar refractivity (Wildman–Crippen MR) is 147 cm³/mol. The number of carbonyl (C=O) groups is 2. The fraction of sp³-hybridized carbons (Fsp3) is 0.259. The van der Waals surface area contributed by atoms with Gasteiger partial charge in [0.2, 0.25) is 11.8 Å². The second kappa shape index (κ2) is 10.6. The van der Waals surface area contributed by atoms with E-state index in [1.807, 2.05) is 59.1 Å². The second-order valence-corrected chi connectivity index (χ2v) is 10.6. The lowest BCUT2D eigenvalue weighted by Crippen LogP contribution is -2.29. The van der Waals surface area contributed by atoms with Gasteiger partial charge >= 0.3 is 0 Å². The SMILES string of the molecule is Cc1ccc(NC(=O)c2cccc(C(C)(C)N)c2)cc1Oc1ccc2nc(NC(=O)CN(C)C)sc2n1. The Morgan fingerprint density at radius 3 is 2.57 bits per heavy atom. The number of likely N-dealkylation sites (N-methyl/N-ethyl adjacent to an activating group) is 1. The Morgan fingerprint density at radius 1 is 1.05 bits per heavy atom.